The molecule has 9 nitrogen and oxygen atoms in total. The first-order valence-corrected chi connectivity index (χ1v) is 10.5. The molecule has 0 aliphatic carbocycles. The minimum absolute atomic E-state index is 0.0735. The number of aromatic nitrogens is 5. The van der Waals surface area contributed by atoms with Gasteiger partial charge in [-0.1, -0.05) is 23.8 Å². The third kappa shape index (κ3) is 4.44. The fraction of sp³-hybridized carbons (Fsp3) is 0.500. The molecule has 3 heterocycles. The molecule has 0 spiro atoms. The van der Waals surface area contributed by atoms with E-state index >= 15 is 0 Å². The van der Waals surface area contributed by atoms with E-state index in [1.54, 1.807) is 10.9 Å². The van der Waals surface area contributed by atoms with Crippen LogP contribution in [0.3, 0.4) is 0 Å². The highest BCUT2D eigenvalue weighted by atomic mass is 32.2. The molecule has 1 amide bonds. The third-order valence-corrected chi connectivity index (χ3v) is 4.91. The fourth-order valence-corrected chi connectivity index (χ4v) is 3.21. The Kier molecular flexibility index (Phi) is 6.50. The highest BCUT2D eigenvalue weighted by Crippen LogP contribution is 2.23. The highest BCUT2D eigenvalue weighted by Gasteiger charge is 2.15. The Morgan fingerprint density at radius 1 is 1.29 bits per heavy atom. The van der Waals surface area contributed by atoms with Gasteiger partial charge in [-0.15, -0.1) is 0 Å². The lowest BCUT2D eigenvalue weighted by Gasteiger charge is -2.09. The number of hydrogen-bond donors (Lipinski definition) is 2. The SMILES string of the molecule is CCCNc1nc(SC)nc2c1cnn2CCNC(=O)Cc1c(C)noc1C. The third-order valence-electron chi connectivity index (χ3n) is 4.37. The number of amides is 1. The van der Waals surface area contributed by atoms with Crippen molar-refractivity contribution in [3.05, 3.63) is 23.2 Å². The summed E-state index contributed by atoms with van der Waals surface area (Å²) in [4.78, 5) is 21.4. The smallest absolute Gasteiger partial charge is 0.224 e. The number of hydrogen-bond acceptors (Lipinski definition) is 8. The van der Waals surface area contributed by atoms with Gasteiger partial charge in [0.05, 0.1) is 30.2 Å². The lowest BCUT2D eigenvalue weighted by atomic mass is 10.1. The highest BCUT2D eigenvalue weighted by molar-refractivity contribution is 7.98. The van der Waals surface area contributed by atoms with E-state index in [2.05, 4.69) is 37.8 Å². The summed E-state index contributed by atoms with van der Waals surface area (Å²) in [6, 6.07) is 0. The number of aryl methyl sites for hydroxylation is 2. The van der Waals surface area contributed by atoms with E-state index in [0.717, 1.165) is 41.1 Å². The molecule has 28 heavy (non-hydrogen) atoms. The lowest BCUT2D eigenvalue weighted by molar-refractivity contribution is -0.120. The second-order valence-electron chi connectivity index (χ2n) is 6.42. The Morgan fingerprint density at radius 2 is 2.11 bits per heavy atom. The number of anilines is 1. The number of carbonyl (C=O) groups is 1. The molecule has 0 saturated heterocycles. The maximum Gasteiger partial charge on any atom is 0.224 e. The van der Waals surface area contributed by atoms with Gasteiger partial charge in [0.1, 0.15) is 11.6 Å². The van der Waals surface area contributed by atoms with E-state index in [0.29, 0.717) is 24.0 Å². The normalized spacial score (nSPS) is 11.1. The van der Waals surface area contributed by atoms with Gasteiger partial charge in [-0.05, 0) is 26.5 Å². The van der Waals surface area contributed by atoms with Crippen LogP contribution < -0.4 is 10.6 Å². The zero-order valence-corrected chi connectivity index (χ0v) is 17.4. The molecule has 10 heteroatoms. The van der Waals surface area contributed by atoms with E-state index < -0.39 is 0 Å². The Bertz CT molecular complexity index is 947. The Balaban J connectivity index is 1.66. The van der Waals surface area contributed by atoms with Crippen molar-refractivity contribution >= 4 is 34.5 Å². The summed E-state index contributed by atoms with van der Waals surface area (Å²) in [5, 5.41) is 16.1. The molecule has 0 bridgehead atoms. The number of rotatable bonds is 9. The zero-order chi connectivity index (χ0) is 20.1. The summed E-state index contributed by atoms with van der Waals surface area (Å²) >= 11 is 1.49. The Morgan fingerprint density at radius 3 is 2.79 bits per heavy atom. The van der Waals surface area contributed by atoms with Crippen molar-refractivity contribution in [2.45, 2.75) is 45.3 Å². The first kappa shape index (κ1) is 20.1. The molecule has 0 saturated carbocycles. The van der Waals surface area contributed by atoms with Crippen molar-refractivity contribution in [2.24, 2.45) is 0 Å². The first-order chi connectivity index (χ1) is 13.5. The molecule has 0 aromatic carbocycles. The molecular weight excluding hydrogens is 378 g/mol. The molecule has 150 valence electrons. The topological polar surface area (TPSA) is 111 Å². The predicted molar refractivity (Wildman–Crippen MR) is 109 cm³/mol. The number of nitrogens with zero attached hydrogens (tertiary/aromatic N) is 5. The average Bonchev–Trinajstić information content (AvgIpc) is 3.24. The van der Waals surface area contributed by atoms with Crippen LogP contribution in [0.4, 0.5) is 5.82 Å². The molecule has 0 aliphatic rings. The summed E-state index contributed by atoms with van der Waals surface area (Å²) in [6.07, 6.45) is 4.97. The average molecular weight is 404 g/mol. The van der Waals surface area contributed by atoms with Crippen LogP contribution in [0.1, 0.15) is 30.4 Å². The van der Waals surface area contributed by atoms with Gasteiger partial charge in [0.2, 0.25) is 5.91 Å². The van der Waals surface area contributed by atoms with Crippen molar-refractivity contribution in [3.63, 3.8) is 0 Å². The van der Waals surface area contributed by atoms with Gasteiger partial charge in [-0.2, -0.15) is 5.10 Å². The second-order valence-corrected chi connectivity index (χ2v) is 7.19. The van der Waals surface area contributed by atoms with Crippen LogP contribution in [0.5, 0.6) is 0 Å². The minimum Gasteiger partial charge on any atom is -0.369 e. The summed E-state index contributed by atoms with van der Waals surface area (Å²) in [5.74, 6) is 1.40. The molecule has 3 aromatic heterocycles. The summed E-state index contributed by atoms with van der Waals surface area (Å²) < 4.78 is 6.90. The van der Waals surface area contributed by atoms with Crippen LogP contribution in [0.15, 0.2) is 15.9 Å². The van der Waals surface area contributed by atoms with E-state index in [4.69, 9.17) is 4.52 Å². The molecule has 3 aromatic rings. The monoisotopic (exact) mass is 403 g/mol. The maximum absolute atomic E-state index is 12.2. The zero-order valence-electron chi connectivity index (χ0n) is 16.6. The largest absolute Gasteiger partial charge is 0.369 e. The van der Waals surface area contributed by atoms with E-state index in [1.807, 2.05) is 20.1 Å². The van der Waals surface area contributed by atoms with Crippen LogP contribution in [0.2, 0.25) is 0 Å². The van der Waals surface area contributed by atoms with Crippen molar-refractivity contribution in [1.29, 1.82) is 0 Å². The van der Waals surface area contributed by atoms with Crippen LogP contribution >= 0.6 is 11.8 Å². The molecule has 0 fully saturated rings. The van der Waals surface area contributed by atoms with Gasteiger partial charge in [0, 0.05) is 18.7 Å². The molecule has 0 radical (unpaired) electrons. The molecular formula is C18H25N7O2S. The van der Waals surface area contributed by atoms with E-state index in [9.17, 15) is 4.79 Å². The first-order valence-electron chi connectivity index (χ1n) is 9.23. The molecule has 3 rings (SSSR count). The number of carbonyl (C=O) groups excluding carboxylic acids is 1. The van der Waals surface area contributed by atoms with Gasteiger partial charge in [-0.3, -0.25) is 4.79 Å². The Labute approximate surface area is 167 Å². The second kappa shape index (κ2) is 9.05. The summed E-state index contributed by atoms with van der Waals surface area (Å²) in [5.41, 5.74) is 2.35. The predicted octanol–water partition coefficient (Wildman–Crippen LogP) is 2.33. The molecule has 0 aliphatic heterocycles. The van der Waals surface area contributed by atoms with Gasteiger partial charge in [0.25, 0.3) is 0 Å². The number of fused-ring (bicyclic) bond motifs is 1. The van der Waals surface area contributed by atoms with Crippen LogP contribution in [-0.2, 0) is 17.8 Å². The van der Waals surface area contributed by atoms with Gasteiger partial charge in [0.15, 0.2) is 10.8 Å². The van der Waals surface area contributed by atoms with Crippen LogP contribution in [-0.4, -0.2) is 50.2 Å². The molecule has 0 unspecified atom stereocenters. The maximum atomic E-state index is 12.2. The summed E-state index contributed by atoms with van der Waals surface area (Å²) in [7, 11) is 0. The van der Waals surface area contributed by atoms with Gasteiger partial charge < -0.3 is 15.2 Å². The minimum atomic E-state index is -0.0735. The quantitative estimate of drug-likeness (QED) is 0.414. The van der Waals surface area contributed by atoms with Crippen LogP contribution in [0, 0.1) is 13.8 Å². The van der Waals surface area contributed by atoms with E-state index in [-0.39, 0.29) is 12.3 Å². The van der Waals surface area contributed by atoms with E-state index in [1.165, 1.54) is 11.8 Å². The lowest BCUT2D eigenvalue weighted by Crippen LogP contribution is -2.29. The van der Waals surface area contributed by atoms with Crippen molar-refractivity contribution in [1.82, 2.24) is 30.2 Å². The van der Waals surface area contributed by atoms with Gasteiger partial charge >= 0.3 is 0 Å². The fourth-order valence-electron chi connectivity index (χ4n) is 2.85. The van der Waals surface area contributed by atoms with Crippen LogP contribution in [0.25, 0.3) is 11.0 Å². The van der Waals surface area contributed by atoms with Crippen molar-refractivity contribution in [3.8, 4) is 0 Å². The Hall–Kier alpha value is -2.62. The standard InChI is InChI=1S/C18H25N7O2S/c1-5-6-20-16-14-10-21-25(17(14)23-18(22-16)28-4)8-7-19-15(26)9-13-11(2)24-27-12(13)3/h10H,5-9H2,1-4H3,(H,19,26)(H,20,22,23). The molecule has 0 atom stereocenters. The number of nitrogens with one attached hydrogen (secondary N) is 2. The van der Waals surface area contributed by atoms with Gasteiger partial charge in [-0.25, -0.2) is 14.6 Å². The summed E-state index contributed by atoms with van der Waals surface area (Å²) in [6.45, 7) is 7.57. The molecule has 2 N–H and O–H groups in total. The number of thioether (sulfide) groups is 1. The van der Waals surface area contributed by atoms with Crippen molar-refractivity contribution in [2.75, 3.05) is 24.7 Å². The van der Waals surface area contributed by atoms with Crippen molar-refractivity contribution < 1.29 is 9.32 Å².